The van der Waals surface area contributed by atoms with Gasteiger partial charge in [-0.1, -0.05) is 60.7 Å². The number of halogens is 1. The van der Waals surface area contributed by atoms with Gasteiger partial charge in [-0.2, -0.15) is 0 Å². The molecule has 3 aromatic rings. The molecule has 1 aliphatic rings. The van der Waals surface area contributed by atoms with Gasteiger partial charge in [-0.25, -0.2) is 9.18 Å². The number of esters is 1. The van der Waals surface area contributed by atoms with E-state index in [4.69, 9.17) is 9.47 Å². The van der Waals surface area contributed by atoms with Crippen molar-refractivity contribution in [1.82, 2.24) is 10.2 Å². The number of nitrogens with zero attached hydrogens (tertiary/aromatic N) is 1. The Balaban J connectivity index is 1.31. The van der Waals surface area contributed by atoms with Crippen molar-refractivity contribution >= 4 is 17.8 Å². The summed E-state index contributed by atoms with van der Waals surface area (Å²) in [4.78, 5) is 39.9. The van der Waals surface area contributed by atoms with Gasteiger partial charge in [-0.3, -0.25) is 9.59 Å². The quantitative estimate of drug-likeness (QED) is 0.303. The highest BCUT2D eigenvalue weighted by molar-refractivity contribution is 5.89. The smallest absolute Gasteiger partial charge is 0.329 e. The molecule has 0 unspecified atom stereocenters. The van der Waals surface area contributed by atoms with Crippen LogP contribution in [0.5, 0.6) is 5.75 Å². The number of hydrogen-bond donors (Lipinski definition) is 1. The Bertz CT molecular complexity index is 1200. The average Bonchev–Trinajstić information content (AvgIpc) is 3.40. The number of amides is 2. The summed E-state index contributed by atoms with van der Waals surface area (Å²) in [5.41, 5.74) is 1.68. The molecule has 1 N–H and O–H groups in total. The van der Waals surface area contributed by atoms with Gasteiger partial charge in [-0.05, 0) is 48.2 Å². The molecule has 7 nitrogen and oxygen atoms in total. The lowest BCUT2D eigenvalue weighted by Gasteiger charge is -2.23. The Morgan fingerprint density at radius 1 is 0.921 bits per heavy atom. The van der Waals surface area contributed by atoms with Crippen molar-refractivity contribution < 1.29 is 28.2 Å². The summed E-state index contributed by atoms with van der Waals surface area (Å²) in [6.45, 7) is 0.528. The Labute approximate surface area is 221 Å². The van der Waals surface area contributed by atoms with Gasteiger partial charge in [0.2, 0.25) is 11.8 Å². The molecule has 0 spiro atoms. The van der Waals surface area contributed by atoms with Gasteiger partial charge in [0.25, 0.3) is 0 Å². The van der Waals surface area contributed by atoms with Crippen LogP contribution < -0.4 is 10.1 Å². The molecule has 4 rings (SSSR count). The predicted octanol–water partition coefficient (Wildman–Crippen LogP) is 4.23. The van der Waals surface area contributed by atoms with Crippen LogP contribution in [0.4, 0.5) is 4.39 Å². The first-order chi connectivity index (χ1) is 18.5. The minimum atomic E-state index is -0.794. The highest BCUT2D eigenvalue weighted by Crippen LogP contribution is 2.32. The normalized spacial score (nSPS) is 16.6. The van der Waals surface area contributed by atoms with Crippen LogP contribution in [-0.2, 0) is 25.7 Å². The maximum atomic E-state index is 13.4. The van der Waals surface area contributed by atoms with Crippen molar-refractivity contribution in [1.29, 1.82) is 0 Å². The lowest BCUT2D eigenvalue weighted by Crippen LogP contribution is -2.46. The predicted molar refractivity (Wildman–Crippen MR) is 140 cm³/mol. The molecule has 198 valence electrons. The third-order valence-corrected chi connectivity index (χ3v) is 6.46. The third kappa shape index (κ3) is 7.65. The van der Waals surface area contributed by atoms with Gasteiger partial charge < -0.3 is 19.7 Å². The van der Waals surface area contributed by atoms with Crippen LogP contribution in [0.2, 0.25) is 0 Å². The summed E-state index contributed by atoms with van der Waals surface area (Å²) in [5.74, 6) is -0.915. The maximum absolute atomic E-state index is 13.4. The minimum Gasteiger partial charge on any atom is -0.494 e. The Morgan fingerprint density at radius 3 is 2.32 bits per heavy atom. The van der Waals surface area contributed by atoms with Crippen molar-refractivity contribution in [3.05, 3.63) is 102 Å². The van der Waals surface area contributed by atoms with E-state index in [9.17, 15) is 18.8 Å². The van der Waals surface area contributed by atoms with E-state index in [0.29, 0.717) is 19.4 Å². The van der Waals surface area contributed by atoms with Gasteiger partial charge in [0.05, 0.1) is 13.2 Å². The lowest BCUT2D eigenvalue weighted by atomic mass is 9.96. The van der Waals surface area contributed by atoms with Crippen LogP contribution >= 0.6 is 0 Å². The fourth-order valence-corrected chi connectivity index (χ4v) is 4.44. The molecule has 0 bridgehead atoms. The second-order valence-corrected chi connectivity index (χ2v) is 9.18. The summed E-state index contributed by atoms with van der Waals surface area (Å²) in [6.07, 6.45) is 1.07. The number of carbonyl (C=O) groups excluding carboxylic acids is 3. The van der Waals surface area contributed by atoms with Gasteiger partial charge in [0.1, 0.15) is 24.2 Å². The average molecular weight is 519 g/mol. The zero-order valence-corrected chi connectivity index (χ0v) is 21.1. The molecule has 1 fully saturated rings. The van der Waals surface area contributed by atoms with Gasteiger partial charge in [0, 0.05) is 18.9 Å². The van der Waals surface area contributed by atoms with Crippen LogP contribution in [0.15, 0.2) is 84.9 Å². The number of benzene rings is 3. The van der Waals surface area contributed by atoms with Crippen molar-refractivity contribution in [3.63, 3.8) is 0 Å². The molecule has 8 heteroatoms. The topological polar surface area (TPSA) is 84.9 Å². The Hall–Kier alpha value is -4.20. The van der Waals surface area contributed by atoms with Crippen molar-refractivity contribution in [2.45, 2.75) is 37.8 Å². The molecule has 1 saturated heterocycles. The number of carbonyl (C=O) groups is 3. The van der Waals surface area contributed by atoms with Gasteiger partial charge in [0.15, 0.2) is 0 Å². The number of nitrogens with one attached hydrogen (secondary N) is 1. The zero-order valence-electron chi connectivity index (χ0n) is 21.1. The van der Waals surface area contributed by atoms with E-state index < -0.39 is 12.0 Å². The van der Waals surface area contributed by atoms with Crippen molar-refractivity contribution in [2.75, 3.05) is 19.7 Å². The van der Waals surface area contributed by atoms with Crippen LogP contribution in [0.3, 0.4) is 0 Å². The monoisotopic (exact) mass is 518 g/mol. The number of ether oxygens (including phenoxy) is 2. The zero-order chi connectivity index (χ0) is 26.7. The minimum absolute atomic E-state index is 0.0984. The molecule has 1 heterocycles. The molecule has 0 aromatic heterocycles. The fraction of sp³-hybridized carbons (Fsp3) is 0.300. The summed E-state index contributed by atoms with van der Waals surface area (Å²) in [7, 11) is 0. The summed E-state index contributed by atoms with van der Waals surface area (Å²) in [5, 5.41) is 2.65. The Morgan fingerprint density at radius 2 is 1.61 bits per heavy atom. The second-order valence-electron chi connectivity index (χ2n) is 9.18. The van der Waals surface area contributed by atoms with Crippen molar-refractivity contribution in [2.24, 2.45) is 0 Å². The van der Waals surface area contributed by atoms with Gasteiger partial charge in [-0.15, -0.1) is 0 Å². The third-order valence-electron chi connectivity index (χ3n) is 6.46. The van der Waals surface area contributed by atoms with Crippen molar-refractivity contribution in [3.8, 4) is 5.75 Å². The summed E-state index contributed by atoms with van der Waals surface area (Å²) in [6, 6.07) is 23.9. The standard InChI is InChI=1S/C30H31FN2O5/c31-25-15-13-23(14-16-25)24-18-27(30(36)38-21-22-8-3-1-4-9-22)33(20-24)29(35)19-32-28(34)12-7-17-37-26-10-5-2-6-11-26/h1-6,8-11,13-16,24,27H,7,12,17-21H2,(H,32,34)/t24-,27-/m0/s1. The fourth-order valence-electron chi connectivity index (χ4n) is 4.44. The van der Waals surface area contributed by atoms with Crippen LogP contribution in [0.1, 0.15) is 36.3 Å². The Kier molecular flexibility index (Phi) is 9.45. The number of rotatable bonds is 11. The van der Waals surface area contributed by atoms with E-state index in [0.717, 1.165) is 16.9 Å². The summed E-state index contributed by atoms with van der Waals surface area (Å²) >= 11 is 0. The number of hydrogen-bond acceptors (Lipinski definition) is 5. The molecule has 3 aromatic carbocycles. The van der Waals surface area contributed by atoms with E-state index in [2.05, 4.69) is 5.32 Å². The molecular formula is C30H31FN2O5. The summed E-state index contributed by atoms with van der Waals surface area (Å²) < 4.78 is 24.6. The number of likely N-dealkylation sites (tertiary alicyclic amines) is 1. The molecule has 38 heavy (non-hydrogen) atoms. The molecule has 1 aliphatic heterocycles. The molecule has 0 radical (unpaired) electrons. The number of para-hydroxylation sites is 1. The van der Waals surface area contributed by atoms with Crippen LogP contribution in [0, 0.1) is 5.82 Å². The molecule has 0 saturated carbocycles. The van der Waals surface area contributed by atoms with Crippen LogP contribution in [0.25, 0.3) is 0 Å². The molecule has 2 atom stereocenters. The van der Waals surface area contributed by atoms with E-state index in [1.165, 1.54) is 17.0 Å². The van der Waals surface area contributed by atoms with E-state index in [-0.39, 0.29) is 49.7 Å². The molecule has 0 aliphatic carbocycles. The van der Waals surface area contributed by atoms with E-state index in [1.807, 2.05) is 60.7 Å². The lowest BCUT2D eigenvalue weighted by molar-refractivity contribution is -0.154. The van der Waals surface area contributed by atoms with Gasteiger partial charge >= 0.3 is 5.97 Å². The first-order valence-corrected chi connectivity index (χ1v) is 12.7. The maximum Gasteiger partial charge on any atom is 0.329 e. The molecular weight excluding hydrogens is 487 g/mol. The van der Waals surface area contributed by atoms with E-state index >= 15 is 0 Å². The SMILES string of the molecule is O=C(CCCOc1ccccc1)NCC(=O)N1C[C@@H](c2ccc(F)cc2)C[C@H]1C(=O)OCc1ccccc1. The first kappa shape index (κ1) is 26.9. The first-order valence-electron chi connectivity index (χ1n) is 12.7. The second kappa shape index (κ2) is 13.4. The highest BCUT2D eigenvalue weighted by atomic mass is 19.1. The van der Waals surface area contributed by atoms with E-state index in [1.54, 1.807) is 12.1 Å². The largest absolute Gasteiger partial charge is 0.494 e. The van der Waals surface area contributed by atoms with Crippen LogP contribution in [-0.4, -0.2) is 48.4 Å². The molecule has 2 amide bonds. The highest BCUT2D eigenvalue weighted by Gasteiger charge is 2.41.